The van der Waals surface area contributed by atoms with Crippen molar-refractivity contribution < 1.29 is 13.2 Å². The number of nitrogens with one attached hydrogen (secondary N) is 1. The molecule has 0 aliphatic heterocycles. The van der Waals surface area contributed by atoms with Crippen LogP contribution in [0.2, 0.25) is 0 Å². The van der Waals surface area contributed by atoms with Crippen LogP contribution in [-0.2, 0) is 14.8 Å². The highest BCUT2D eigenvalue weighted by Crippen LogP contribution is 2.28. The van der Waals surface area contributed by atoms with Crippen LogP contribution in [0.1, 0.15) is 19.4 Å². The zero-order chi connectivity index (χ0) is 22.4. The van der Waals surface area contributed by atoms with E-state index in [-0.39, 0.29) is 11.4 Å². The van der Waals surface area contributed by atoms with Crippen LogP contribution >= 0.6 is 23.1 Å². The van der Waals surface area contributed by atoms with Gasteiger partial charge in [-0.1, -0.05) is 72.8 Å². The summed E-state index contributed by atoms with van der Waals surface area (Å²) in [6.07, 6.45) is 0. The summed E-state index contributed by atoms with van der Waals surface area (Å²) < 4.78 is 28.4. The summed E-state index contributed by atoms with van der Waals surface area (Å²) in [6.45, 7) is 5.76. The largest absolute Gasteiger partial charge is 0.299 e. The number of benzene rings is 2. The highest BCUT2D eigenvalue weighted by molar-refractivity contribution is 8.01. The average Bonchev–Trinajstić information content (AvgIpc) is 3.19. The molecule has 10 heteroatoms. The zero-order valence-corrected chi connectivity index (χ0v) is 19.9. The first kappa shape index (κ1) is 23.2. The van der Waals surface area contributed by atoms with Gasteiger partial charge in [-0.05, 0) is 37.1 Å². The van der Waals surface area contributed by atoms with Gasteiger partial charge in [0, 0.05) is 5.75 Å². The lowest BCUT2D eigenvalue weighted by atomic mass is 10.2. The average molecular weight is 477 g/mol. The molecule has 0 aliphatic carbocycles. The minimum atomic E-state index is -3.93. The Morgan fingerprint density at radius 2 is 1.77 bits per heavy atom. The van der Waals surface area contributed by atoms with Crippen LogP contribution in [-0.4, -0.2) is 36.8 Å². The number of aryl methyl sites for hydroxylation is 1. The van der Waals surface area contributed by atoms with E-state index in [9.17, 15) is 13.2 Å². The van der Waals surface area contributed by atoms with Crippen LogP contribution in [0.5, 0.6) is 0 Å². The van der Waals surface area contributed by atoms with Crippen molar-refractivity contribution in [2.45, 2.75) is 30.0 Å². The molecule has 0 radical (unpaired) electrons. The fourth-order valence-corrected chi connectivity index (χ4v) is 5.78. The molecule has 1 heterocycles. The topological polar surface area (TPSA) is 92.3 Å². The Kier molecular flexibility index (Phi) is 7.69. The number of amides is 1. The standard InChI is InChI=1S/C21H24N4O3S3/c1-15(2)14-29-21-24-23-20(30-21)22-19(26)13-25(17-11-9-16(3)10-12-17)31(27,28)18-7-5-4-6-8-18/h4-12,15H,13-14H2,1-3H3,(H,22,23,26). The first-order valence-corrected chi connectivity index (χ1v) is 12.9. The van der Waals surface area contributed by atoms with Gasteiger partial charge in [0.15, 0.2) is 4.34 Å². The van der Waals surface area contributed by atoms with Crippen LogP contribution in [0.4, 0.5) is 10.8 Å². The lowest BCUT2D eigenvalue weighted by molar-refractivity contribution is -0.114. The van der Waals surface area contributed by atoms with E-state index in [0.717, 1.165) is 20.0 Å². The molecule has 0 saturated carbocycles. The van der Waals surface area contributed by atoms with E-state index in [4.69, 9.17) is 0 Å². The summed E-state index contributed by atoms with van der Waals surface area (Å²) in [5.74, 6) is 0.925. The molecular formula is C21H24N4O3S3. The van der Waals surface area contributed by atoms with Crippen molar-refractivity contribution >= 4 is 49.8 Å². The second-order valence-electron chi connectivity index (χ2n) is 7.29. The van der Waals surface area contributed by atoms with Gasteiger partial charge in [0.25, 0.3) is 10.0 Å². The molecular weight excluding hydrogens is 452 g/mol. The quantitative estimate of drug-likeness (QED) is 0.363. The van der Waals surface area contributed by atoms with Gasteiger partial charge in [-0.15, -0.1) is 10.2 Å². The Morgan fingerprint density at radius 3 is 2.42 bits per heavy atom. The Bertz CT molecular complexity index is 1110. The molecule has 2 aromatic carbocycles. The first-order valence-electron chi connectivity index (χ1n) is 9.66. The minimum absolute atomic E-state index is 0.117. The third-order valence-corrected chi connectivity index (χ3v) is 8.32. The van der Waals surface area contributed by atoms with Gasteiger partial charge in [-0.2, -0.15) is 0 Å². The lowest BCUT2D eigenvalue weighted by Gasteiger charge is -2.24. The molecule has 31 heavy (non-hydrogen) atoms. The maximum absolute atomic E-state index is 13.3. The van der Waals surface area contributed by atoms with Crippen molar-refractivity contribution in [2.24, 2.45) is 5.92 Å². The number of aromatic nitrogens is 2. The minimum Gasteiger partial charge on any atom is -0.299 e. The molecule has 0 bridgehead atoms. The molecule has 0 atom stereocenters. The van der Waals surface area contributed by atoms with E-state index in [2.05, 4.69) is 29.4 Å². The molecule has 3 rings (SSSR count). The summed E-state index contributed by atoms with van der Waals surface area (Å²) in [7, 11) is -3.93. The maximum Gasteiger partial charge on any atom is 0.264 e. The molecule has 0 spiro atoms. The molecule has 1 aromatic heterocycles. The van der Waals surface area contributed by atoms with Crippen molar-refractivity contribution in [3.63, 3.8) is 0 Å². The summed E-state index contributed by atoms with van der Waals surface area (Å²) in [4.78, 5) is 12.8. The fraction of sp³-hybridized carbons (Fsp3) is 0.286. The third-order valence-electron chi connectivity index (χ3n) is 4.13. The summed E-state index contributed by atoms with van der Waals surface area (Å²) in [6, 6.07) is 15.1. The predicted octanol–water partition coefficient (Wildman–Crippen LogP) is 4.43. The maximum atomic E-state index is 13.3. The van der Waals surface area contributed by atoms with Gasteiger partial charge in [-0.3, -0.25) is 14.4 Å². The molecule has 7 nitrogen and oxygen atoms in total. The fourth-order valence-electron chi connectivity index (χ4n) is 2.59. The molecule has 1 amide bonds. The van der Waals surface area contributed by atoms with Crippen LogP contribution < -0.4 is 9.62 Å². The monoisotopic (exact) mass is 476 g/mol. The lowest BCUT2D eigenvalue weighted by Crippen LogP contribution is -2.38. The predicted molar refractivity (Wildman–Crippen MR) is 126 cm³/mol. The van der Waals surface area contributed by atoms with Crippen molar-refractivity contribution in [2.75, 3.05) is 21.9 Å². The van der Waals surface area contributed by atoms with Gasteiger partial charge >= 0.3 is 0 Å². The first-order chi connectivity index (χ1) is 14.8. The highest BCUT2D eigenvalue weighted by atomic mass is 32.2. The second kappa shape index (κ2) is 10.3. The normalized spacial score (nSPS) is 11.5. The van der Waals surface area contributed by atoms with Crippen LogP contribution in [0, 0.1) is 12.8 Å². The number of carbonyl (C=O) groups excluding carboxylic acids is 1. The van der Waals surface area contributed by atoms with Crippen LogP contribution in [0.15, 0.2) is 63.8 Å². The molecule has 3 aromatic rings. The third kappa shape index (κ3) is 6.28. The van der Waals surface area contributed by atoms with E-state index in [1.54, 1.807) is 42.1 Å². The number of anilines is 2. The number of hydrogen-bond donors (Lipinski definition) is 1. The molecule has 164 valence electrons. The Labute approximate surface area is 191 Å². The van der Waals surface area contributed by atoms with Gasteiger partial charge in [-0.25, -0.2) is 8.42 Å². The van der Waals surface area contributed by atoms with Gasteiger partial charge in [0.05, 0.1) is 10.6 Å². The van der Waals surface area contributed by atoms with Crippen molar-refractivity contribution in [3.8, 4) is 0 Å². The van der Waals surface area contributed by atoms with Crippen LogP contribution in [0.25, 0.3) is 0 Å². The van der Waals surface area contributed by atoms with E-state index in [1.165, 1.54) is 23.5 Å². The summed E-state index contributed by atoms with van der Waals surface area (Å²) in [5, 5.41) is 11.1. The zero-order valence-electron chi connectivity index (χ0n) is 17.5. The van der Waals surface area contributed by atoms with Gasteiger partial charge in [0.1, 0.15) is 6.54 Å². The number of carbonyl (C=O) groups is 1. The number of hydrogen-bond acceptors (Lipinski definition) is 7. The SMILES string of the molecule is Cc1ccc(N(CC(=O)Nc2nnc(SCC(C)C)s2)S(=O)(=O)c2ccccc2)cc1. The molecule has 0 unspecified atom stereocenters. The highest BCUT2D eigenvalue weighted by Gasteiger charge is 2.27. The molecule has 1 N–H and O–H groups in total. The molecule has 0 fully saturated rings. The van der Waals surface area contributed by atoms with Gasteiger partial charge in [0.2, 0.25) is 11.0 Å². The van der Waals surface area contributed by atoms with Crippen LogP contribution in [0.3, 0.4) is 0 Å². The smallest absolute Gasteiger partial charge is 0.264 e. The molecule has 0 saturated heterocycles. The number of rotatable bonds is 9. The number of nitrogens with zero attached hydrogens (tertiary/aromatic N) is 3. The number of thioether (sulfide) groups is 1. The molecule has 0 aliphatic rings. The van der Waals surface area contributed by atoms with E-state index in [0.29, 0.717) is 16.7 Å². The van der Waals surface area contributed by atoms with Gasteiger partial charge < -0.3 is 0 Å². The summed E-state index contributed by atoms with van der Waals surface area (Å²) >= 11 is 2.85. The van der Waals surface area contributed by atoms with Crippen molar-refractivity contribution in [3.05, 3.63) is 60.2 Å². The number of sulfonamides is 1. The summed E-state index contributed by atoms with van der Waals surface area (Å²) in [5.41, 5.74) is 1.40. The Hall–Kier alpha value is -2.43. The van der Waals surface area contributed by atoms with Crippen molar-refractivity contribution in [1.29, 1.82) is 0 Å². The Morgan fingerprint density at radius 1 is 1.10 bits per heavy atom. The van der Waals surface area contributed by atoms with E-state index in [1.807, 2.05) is 19.1 Å². The Balaban J connectivity index is 1.80. The van der Waals surface area contributed by atoms with E-state index >= 15 is 0 Å². The second-order valence-corrected chi connectivity index (χ2v) is 11.4. The van der Waals surface area contributed by atoms with E-state index < -0.39 is 15.9 Å². The van der Waals surface area contributed by atoms with Crippen molar-refractivity contribution in [1.82, 2.24) is 10.2 Å².